The van der Waals surface area contributed by atoms with Gasteiger partial charge < -0.3 is 10.4 Å². The third-order valence-corrected chi connectivity index (χ3v) is 6.74. The van der Waals surface area contributed by atoms with Gasteiger partial charge in [0.25, 0.3) is 0 Å². The van der Waals surface area contributed by atoms with E-state index in [9.17, 15) is 9.90 Å². The minimum Gasteiger partial charge on any atom is -0.493 e. The van der Waals surface area contributed by atoms with Crippen LogP contribution in [0.25, 0.3) is 11.6 Å². The molecule has 32 heavy (non-hydrogen) atoms. The lowest BCUT2D eigenvalue weighted by atomic mass is 10.1. The van der Waals surface area contributed by atoms with Gasteiger partial charge in [0.2, 0.25) is 11.8 Å². The molecule has 0 aliphatic carbocycles. The van der Waals surface area contributed by atoms with E-state index in [-0.39, 0.29) is 11.8 Å². The van der Waals surface area contributed by atoms with Crippen molar-refractivity contribution in [3.63, 3.8) is 0 Å². The van der Waals surface area contributed by atoms with Crippen LogP contribution in [-0.2, 0) is 11.3 Å². The van der Waals surface area contributed by atoms with Crippen LogP contribution in [0.1, 0.15) is 41.7 Å². The summed E-state index contributed by atoms with van der Waals surface area (Å²) < 4.78 is 2.42. The number of aromatic nitrogens is 1. The van der Waals surface area contributed by atoms with Crippen molar-refractivity contribution in [1.29, 1.82) is 0 Å². The van der Waals surface area contributed by atoms with Gasteiger partial charge in [-0.25, -0.2) is 0 Å². The Morgan fingerprint density at radius 1 is 1.16 bits per heavy atom. The highest BCUT2D eigenvalue weighted by Crippen LogP contribution is 2.35. The number of carbonyl (C=O) groups is 1. The van der Waals surface area contributed by atoms with Crippen molar-refractivity contribution in [2.45, 2.75) is 39.2 Å². The van der Waals surface area contributed by atoms with E-state index in [4.69, 9.17) is 12.2 Å². The van der Waals surface area contributed by atoms with Gasteiger partial charge >= 0.3 is 0 Å². The summed E-state index contributed by atoms with van der Waals surface area (Å²) in [5.41, 5.74) is 4.96. The largest absolute Gasteiger partial charge is 0.493 e. The molecule has 0 saturated carbocycles. The quantitative estimate of drug-likeness (QED) is 0.287. The standard InChI is InChI=1S/C25H25N3O2S2/c1-17-10-12-19(13-11-17)27-23(29)9-3-2-6-14-28-24(30)22(32-25(28)31)15-18-16-26-21-8-5-4-7-20(18)21/h4-5,7-8,10-13,15-16,30H,2-3,6,9,14H2,1H3,(H,27,29)/b18-15-. The van der Waals surface area contributed by atoms with E-state index < -0.39 is 0 Å². The van der Waals surface area contributed by atoms with Gasteiger partial charge in [-0.1, -0.05) is 42.3 Å². The van der Waals surface area contributed by atoms with Crippen LogP contribution < -0.4 is 5.32 Å². The van der Waals surface area contributed by atoms with Crippen LogP contribution >= 0.6 is 23.6 Å². The molecular formula is C25H25N3O2S2. The maximum absolute atomic E-state index is 12.1. The van der Waals surface area contributed by atoms with Crippen LogP contribution in [0.3, 0.4) is 0 Å². The zero-order chi connectivity index (χ0) is 22.5. The molecule has 0 spiro atoms. The first-order chi connectivity index (χ1) is 15.5. The number of aromatic hydroxyl groups is 1. The number of amides is 1. The van der Waals surface area contributed by atoms with Crippen molar-refractivity contribution >= 4 is 58.7 Å². The first-order valence-corrected chi connectivity index (χ1v) is 11.9. The van der Waals surface area contributed by atoms with Gasteiger partial charge in [0.15, 0.2) is 3.95 Å². The molecule has 5 nitrogen and oxygen atoms in total. The number of carbonyl (C=O) groups excluding carboxylic acids is 1. The maximum atomic E-state index is 12.1. The zero-order valence-corrected chi connectivity index (χ0v) is 19.5. The summed E-state index contributed by atoms with van der Waals surface area (Å²) in [7, 11) is 0. The van der Waals surface area contributed by atoms with Gasteiger partial charge in [0, 0.05) is 36.0 Å². The number of thiazole rings is 1. The molecule has 1 aliphatic rings. The number of nitrogens with zero attached hydrogens (tertiary/aromatic N) is 2. The number of nitrogens with one attached hydrogen (secondary N) is 1. The van der Waals surface area contributed by atoms with Crippen molar-refractivity contribution in [1.82, 2.24) is 4.57 Å². The van der Waals surface area contributed by atoms with E-state index >= 15 is 0 Å². The number of aliphatic imine (C=N–C) groups is 1. The Hall–Kier alpha value is -3.03. The van der Waals surface area contributed by atoms with Gasteiger partial charge in [-0.2, -0.15) is 0 Å². The average Bonchev–Trinajstić information content (AvgIpc) is 3.31. The number of anilines is 1. The molecule has 2 N–H and O–H groups in total. The number of allylic oxidation sites excluding steroid dienone is 1. The molecule has 1 amide bonds. The van der Waals surface area contributed by atoms with Crippen molar-refractivity contribution in [2.75, 3.05) is 5.32 Å². The second-order valence-corrected chi connectivity index (χ2v) is 9.48. The predicted octanol–water partition coefficient (Wildman–Crippen LogP) is 6.75. The molecule has 0 atom stereocenters. The van der Waals surface area contributed by atoms with Crippen molar-refractivity contribution in [3.05, 3.63) is 68.5 Å². The van der Waals surface area contributed by atoms with Crippen molar-refractivity contribution in [3.8, 4) is 5.88 Å². The van der Waals surface area contributed by atoms with Crippen LogP contribution in [0.5, 0.6) is 5.88 Å². The number of fused-ring (bicyclic) bond motifs is 1. The number of aryl methyl sites for hydroxylation is 1. The molecule has 3 aromatic rings. The topological polar surface area (TPSA) is 66.6 Å². The molecule has 0 bridgehead atoms. The summed E-state index contributed by atoms with van der Waals surface area (Å²) in [4.78, 5) is 17.3. The van der Waals surface area contributed by atoms with Crippen LogP contribution in [0.4, 0.5) is 11.4 Å². The molecule has 0 unspecified atom stereocenters. The third-order valence-electron chi connectivity index (χ3n) is 5.36. The predicted molar refractivity (Wildman–Crippen MR) is 136 cm³/mol. The molecule has 0 saturated heterocycles. The Bertz CT molecular complexity index is 1240. The van der Waals surface area contributed by atoms with Crippen molar-refractivity contribution in [2.24, 2.45) is 4.99 Å². The molecule has 4 rings (SSSR count). The Labute approximate surface area is 196 Å². The van der Waals surface area contributed by atoms with Gasteiger partial charge in [-0.3, -0.25) is 14.4 Å². The van der Waals surface area contributed by atoms with Crippen LogP contribution in [0.2, 0.25) is 0 Å². The summed E-state index contributed by atoms with van der Waals surface area (Å²) in [6.07, 6.45) is 6.76. The Balaban J connectivity index is 1.28. The number of benzene rings is 2. The van der Waals surface area contributed by atoms with E-state index in [2.05, 4.69) is 10.3 Å². The van der Waals surface area contributed by atoms with E-state index in [1.54, 1.807) is 4.57 Å². The van der Waals surface area contributed by atoms with Gasteiger partial charge in [0.1, 0.15) is 0 Å². The van der Waals surface area contributed by atoms with Crippen molar-refractivity contribution < 1.29 is 9.90 Å². The second-order valence-electron chi connectivity index (χ2n) is 7.81. The lowest BCUT2D eigenvalue weighted by Crippen LogP contribution is -2.11. The summed E-state index contributed by atoms with van der Waals surface area (Å²) in [5, 5.41) is 13.6. The molecule has 0 fully saturated rings. The molecule has 1 aromatic heterocycles. The number of hydrogen-bond acceptors (Lipinski definition) is 5. The highest BCUT2D eigenvalue weighted by Gasteiger charge is 2.15. The average molecular weight is 464 g/mol. The Morgan fingerprint density at radius 3 is 2.75 bits per heavy atom. The lowest BCUT2D eigenvalue weighted by Gasteiger charge is -2.07. The molecule has 7 heteroatoms. The number of para-hydroxylation sites is 1. The molecule has 0 radical (unpaired) electrons. The summed E-state index contributed by atoms with van der Waals surface area (Å²) in [6.45, 7) is 2.65. The summed E-state index contributed by atoms with van der Waals surface area (Å²) >= 11 is 6.87. The smallest absolute Gasteiger partial charge is 0.224 e. The van der Waals surface area contributed by atoms with Crippen LogP contribution in [0.15, 0.2) is 53.5 Å². The van der Waals surface area contributed by atoms with E-state index in [1.165, 1.54) is 16.9 Å². The van der Waals surface area contributed by atoms with E-state index in [1.807, 2.05) is 67.7 Å². The van der Waals surface area contributed by atoms with E-state index in [0.717, 1.165) is 46.7 Å². The second kappa shape index (κ2) is 10.1. The summed E-state index contributed by atoms with van der Waals surface area (Å²) in [6, 6.07) is 15.7. The third kappa shape index (κ3) is 5.23. The van der Waals surface area contributed by atoms with Gasteiger partial charge in [-0.15, -0.1) is 11.3 Å². The number of rotatable bonds is 8. The van der Waals surface area contributed by atoms with Crippen LogP contribution in [0, 0.1) is 10.9 Å². The molecule has 1 aliphatic heterocycles. The normalized spacial score (nSPS) is 13.5. The van der Waals surface area contributed by atoms with Gasteiger partial charge in [0.05, 0.1) is 10.6 Å². The Kier molecular flexibility index (Phi) is 6.97. The minimum absolute atomic E-state index is 0.0243. The fourth-order valence-electron chi connectivity index (χ4n) is 3.59. The fraction of sp³-hybridized carbons (Fsp3) is 0.240. The Morgan fingerprint density at radius 2 is 1.94 bits per heavy atom. The fourth-order valence-corrected chi connectivity index (χ4v) is 4.90. The van der Waals surface area contributed by atoms with Crippen LogP contribution in [-0.4, -0.2) is 21.8 Å². The monoisotopic (exact) mass is 463 g/mol. The highest BCUT2D eigenvalue weighted by molar-refractivity contribution is 7.73. The SMILES string of the molecule is Cc1ccc(NC(=O)CCCCCn2c(O)c(/C=C3/C=Nc4ccccc43)sc2=S)cc1. The summed E-state index contributed by atoms with van der Waals surface area (Å²) in [5.74, 6) is 0.221. The zero-order valence-electron chi connectivity index (χ0n) is 17.9. The highest BCUT2D eigenvalue weighted by atomic mass is 32.1. The maximum Gasteiger partial charge on any atom is 0.224 e. The molecule has 164 valence electrons. The first-order valence-electron chi connectivity index (χ1n) is 10.7. The van der Waals surface area contributed by atoms with Gasteiger partial charge in [-0.05, 0) is 56.3 Å². The number of hydrogen-bond donors (Lipinski definition) is 2. The first kappa shape index (κ1) is 22.2. The molecule has 2 aromatic carbocycles. The molecule has 2 heterocycles. The lowest BCUT2D eigenvalue weighted by molar-refractivity contribution is -0.116. The minimum atomic E-state index is 0.0243. The van der Waals surface area contributed by atoms with E-state index in [0.29, 0.717) is 16.9 Å². The molecular weight excluding hydrogens is 438 g/mol. The number of unbranched alkanes of at least 4 members (excludes halogenated alkanes) is 2.